The fraction of sp³-hybridized carbons (Fsp3) is 0.0222. The van der Waals surface area contributed by atoms with Crippen LogP contribution in [0.5, 0.6) is 0 Å². The van der Waals surface area contributed by atoms with Crippen molar-refractivity contribution in [2.75, 3.05) is 4.90 Å². The first kappa shape index (κ1) is 28.3. The third-order valence-electron chi connectivity index (χ3n) is 9.34. The van der Waals surface area contributed by atoms with Gasteiger partial charge in [-0.1, -0.05) is 104 Å². The number of anilines is 3. The van der Waals surface area contributed by atoms with Gasteiger partial charge in [0.2, 0.25) is 0 Å². The SMILES string of the molecule is C=Cc1ccc2sc3ccc(N(c4ccc(-c5ccccc5)cc4)c4ccc5oc6ccc7ccccc7c6c5c4)cc3c2c1/C=C\C. The van der Waals surface area contributed by atoms with E-state index < -0.39 is 0 Å². The number of furan rings is 1. The molecule has 0 amide bonds. The maximum Gasteiger partial charge on any atom is 0.136 e. The van der Waals surface area contributed by atoms with E-state index in [1.807, 2.05) is 17.4 Å². The second-order valence-corrected chi connectivity index (χ2v) is 13.2. The van der Waals surface area contributed by atoms with Crippen LogP contribution in [-0.4, -0.2) is 0 Å². The maximum atomic E-state index is 6.39. The van der Waals surface area contributed by atoms with Crippen LogP contribution in [0.3, 0.4) is 0 Å². The van der Waals surface area contributed by atoms with Crippen LogP contribution in [0.4, 0.5) is 17.1 Å². The van der Waals surface area contributed by atoms with Gasteiger partial charge in [0.25, 0.3) is 0 Å². The van der Waals surface area contributed by atoms with Crippen molar-refractivity contribution in [2.45, 2.75) is 6.92 Å². The molecule has 48 heavy (non-hydrogen) atoms. The van der Waals surface area contributed by atoms with Gasteiger partial charge in [0.1, 0.15) is 11.2 Å². The molecular formula is C45H31NOS. The summed E-state index contributed by atoms with van der Waals surface area (Å²) in [5.74, 6) is 0. The summed E-state index contributed by atoms with van der Waals surface area (Å²) >= 11 is 1.84. The zero-order valence-electron chi connectivity index (χ0n) is 26.5. The number of benzene rings is 7. The molecule has 0 bridgehead atoms. The lowest BCUT2D eigenvalue weighted by atomic mass is 9.99. The molecule has 0 atom stereocenters. The van der Waals surface area contributed by atoms with Gasteiger partial charge in [-0.25, -0.2) is 0 Å². The Bertz CT molecular complexity index is 2690. The minimum absolute atomic E-state index is 0.886. The normalized spacial score (nSPS) is 11.9. The molecule has 9 aromatic rings. The highest BCUT2D eigenvalue weighted by molar-refractivity contribution is 7.25. The summed E-state index contributed by atoms with van der Waals surface area (Å²) in [7, 11) is 0. The van der Waals surface area contributed by atoms with E-state index in [4.69, 9.17) is 4.42 Å². The molecule has 0 unspecified atom stereocenters. The van der Waals surface area contributed by atoms with Gasteiger partial charge in [-0.15, -0.1) is 11.3 Å². The molecule has 0 saturated heterocycles. The molecule has 0 fully saturated rings. The fourth-order valence-corrected chi connectivity index (χ4v) is 8.22. The van der Waals surface area contributed by atoms with Gasteiger partial charge in [-0.3, -0.25) is 0 Å². The fourth-order valence-electron chi connectivity index (χ4n) is 7.12. The Kier molecular flexibility index (Phi) is 6.74. The van der Waals surface area contributed by atoms with Crippen molar-refractivity contribution in [3.05, 3.63) is 163 Å². The van der Waals surface area contributed by atoms with Crippen LogP contribution in [0.1, 0.15) is 18.1 Å². The predicted octanol–water partition coefficient (Wildman–Crippen LogP) is 13.9. The molecular weight excluding hydrogens is 603 g/mol. The van der Waals surface area contributed by atoms with Crippen molar-refractivity contribution >= 4 is 93.4 Å². The quantitative estimate of drug-likeness (QED) is 0.181. The Hall–Kier alpha value is -5.90. The molecule has 0 spiro atoms. The molecule has 0 N–H and O–H groups in total. The number of nitrogens with zero attached hydrogens (tertiary/aromatic N) is 1. The van der Waals surface area contributed by atoms with Crippen LogP contribution in [0.2, 0.25) is 0 Å². The van der Waals surface area contributed by atoms with Gasteiger partial charge in [0.05, 0.1) is 0 Å². The summed E-state index contributed by atoms with van der Waals surface area (Å²) in [5.41, 5.74) is 9.80. The number of hydrogen-bond donors (Lipinski definition) is 0. The van der Waals surface area contributed by atoms with E-state index >= 15 is 0 Å². The molecule has 2 nitrogen and oxygen atoms in total. The first-order valence-corrected chi connectivity index (χ1v) is 17.1. The smallest absolute Gasteiger partial charge is 0.136 e. The van der Waals surface area contributed by atoms with E-state index in [1.165, 1.54) is 47.6 Å². The molecule has 0 saturated carbocycles. The van der Waals surface area contributed by atoms with Crippen LogP contribution in [-0.2, 0) is 0 Å². The van der Waals surface area contributed by atoms with Crippen LogP contribution < -0.4 is 4.90 Å². The van der Waals surface area contributed by atoms with Crippen LogP contribution >= 0.6 is 11.3 Å². The Morgan fingerprint density at radius 3 is 2.08 bits per heavy atom. The average molecular weight is 634 g/mol. The van der Waals surface area contributed by atoms with Gasteiger partial charge < -0.3 is 9.32 Å². The molecule has 3 heteroatoms. The summed E-state index contributed by atoms with van der Waals surface area (Å²) in [5, 5.41) is 7.18. The molecule has 228 valence electrons. The van der Waals surface area contributed by atoms with Crippen molar-refractivity contribution in [1.29, 1.82) is 0 Å². The van der Waals surface area contributed by atoms with Gasteiger partial charge in [-0.05, 0) is 101 Å². The molecule has 2 heterocycles. The average Bonchev–Trinajstić information content (AvgIpc) is 3.71. The largest absolute Gasteiger partial charge is 0.456 e. The number of rotatable bonds is 6. The summed E-state index contributed by atoms with van der Waals surface area (Å²) in [6, 6.07) is 50.1. The van der Waals surface area contributed by atoms with E-state index in [0.29, 0.717) is 0 Å². The number of hydrogen-bond acceptors (Lipinski definition) is 3. The topological polar surface area (TPSA) is 16.4 Å². The molecule has 7 aromatic carbocycles. The lowest BCUT2D eigenvalue weighted by molar-refractivity contribution is 0.669. The van der Waals surface area contributed by atoms with Gasteiger partial charge >= 0.3 is 0 Å². The van der Waals surface area contributed by atoms with E-state index in [0.717, 1.165) is 44.6 Å². The van der Waals surface area contributed by atoms with E-state index in [-0.39, 0.29) is 0 Å². The van der Waals surface area contributed by atoms with Crippen molar-refractivity contribution in [3.63, 3.8) is 0 Å². The highest BCUT2D eigenvalue weighted by atomic mass is 32.1. The van der Waals surface area contributed by atoms with Gasteiger partial charge in [-0.2, -0.15) is 0 Å². The van der Waals surface area contributed by atoms with Crippen molar-refractivity contribution < 1.29 is 4.42 Å². The van der Waals surface area contributed by atoms with Gasteiger partial charge in [0.15, 0.2) is 0 Å². The summed E-state index contributed by atoms with van der Waals surface area (Å²) in [6.45, 7) is 6.19. The molecule has 0 aliphatic carbocycles. The predicted molar refractivity (Wildman–Crippen MR) is 209 cm³/mol. The molecule has 0 radical (unpaired) electrons. The van der Waals surface area contributed by atoms with Crippen molar-refractivity contribution in [3.8, 4) is 11.1 Å². The van der Waals surface area contributed by atoms with E-state index in [9.17, 15) is 0 Å². The lowest BCUT2D eigenvalue weighted by Gasteiger charge is -2.26. The highest BCUT2D eigenvalue weighted by Crippen LogP contribution is 2.44. The second-order valence-electron chi connectivity index (χ2n) is 12.1. The minimum Gasteiger partial charge on any atom is -0.456 e. The summed E-state index contributed by atoms with van der Waals surface area (Å²) < 4.78 is 8.94. The molecule has 9 rings (SSSR count). The molecule has 0 aliphatic rings. The van der Waals surface area contributed by atoms with Gasteiger partial charge in [0, 0.05) is 48.0 Å². The molecule has 0 aliphatic heterocycles. The lowest BCUT2D eigenvalue weighted by Crippen LogP contribution is -2.09. The van der Waals surface area contributed by atoms with Crippen molar-refractivity contribution in [2.24, 2.45) is 0 Å². The first-order chi connectivity index (χ1) is 23.7. The third-order valence-corrected chi connectivity index (χ3v) is 10.5. The number of fused-ring (bicyclic) bond motifs is 8. The van der Waals surface area contributed by atoms with E-state index in [1.54, 1.807) is 0 Å². The maximum absolute atomic E-state index is 6.39. The first-order valence-electron chi connectivity index (χ1n) is 16.2. The monoisotopic (exact) mass is 633 g/mol. The standard InChI is InChI=1S/C45H31NOS/c1-3-10-36-29(4-2)18-25-43-45(36)39-28-35(22-26-42(39)48-43)46(33-19-15-31(16-20-33)30-11-6-5-7-12-30)34-21-24-40-38(27-34)44-37-14-9-8-13-32(37)17-23-41(44)47-40/h3-28H,2H2,1H3/b10-3-. The Labute approximate surface area is 283 Å². The van der Waals surface area contributed by atoms with E-state index in [2.05, 4.69) is 170 Å². The second kappa shape index (κ2) is 11.4. The number of thiophene rings is 1. The van der Waals surface area contributed by atoms with Crippen LogP contribution in [0, 0.1) is 0 Å². The minimum atomic E-state index is 0.886. The zero-order chi connectivity index (χ0) is 32.2. The Balaban J connectivity index is 1.29. The van der Waals surface area contributed by atoms with Crippen molar-refractivity contribution in [1.82, 2.24) is 0 Å². The van der Waals surface area contributed by atoms with Crippen LogP contribution in [0.25, 0.3) is 76.2 Å². The zero-order valence-corrected chi connectivity index (χ0v) is 27.3. The number of allylic oxidation sites excluding steroid dienone is 1. The highest BCUT2D eigenvalue weighted by Gasteiger charge is 2.19. The molecule has 2 aromatic heterocycles. The summed E-state index contributed by atoms with van der Waals surface area (Å²) in [6.07, 6.45) is 6.28. The summed E-state index contributed by atoms with van der Waals surface area (Å²) in [4.78, 5) is 2.37. The van der Waals surface area contributed by atoms with Crippen LogP contribution in [0.15, 0.2) is 157 Å². The Morgan fingerprint density at radius 1 is 0.583 bits per heavy atom. The Morgan fingerprint density at radius 2 is 1.27 bits per heavy atom. The third kappa shape index (κ3) is 4.55.